The Labute approximate surface area is 128 Å². The lowest BCUT2D eigenvalue weighted by Gasteiger charge is -2.10. The van der Waals surface area contributed by atoms with Crippen molar-refractivity contribution < 1.29 is 13.7 Å². The van der Waals surface area contributed by atoms with Crippen LogP contribution in [0.5, 0.6) is 0 Å². The second kappa shape index (κ2) is 6.17. The molecule has 0 aliphatic rings. The molecular formula is C14H11BrF2N2O2. The molecule has 0 aliphatic carbocycles. The Balaban J connectivity index is 2.29. The first-order valence-corrected chi connectivity index (χ1v) is 6.80. The van der Waals surface area contributed by atoms with Crippen molar-refractivity contribution >= 4 is 27.3 Å². The molecule has 0 fully saturated rings. The number of nitro groups is 1. The summed E-state index contributed by atoms with van der Waals surface area (Å²) in [5.74, 6) is -1.04. The Morgan fingerprint density at radius 1 is 1.29 bits per heavy atom. The van der Waals surface area contributed by atoms with Gasteiger partial charge in [0.15, 0.2) is 0 Å². The fraction of sp³-hybridized carbons (Fsp3) is 0.143. The van der Waals surface area contributed by atoms with E-state index in [4.69, 9.17) is 0 Å². The fourth-order valence-corrected chi connectivity index (χ4v) is 2.22. The molecule has 0 saturated carbocycles. The van der Waals surface area contributed by atoms with Crippen molar-refractivity contribution in [3.8, 4) is 0 Å². The van der Waals surface area contributed by atoms with Gasteiger partial charge in [-0.2, -0.15) is 0 Å². The summed E-state index contributed by atoms with van der Waals surface area (Å²) in [6, 6.07) is 6.41. The second-order valence-electron chi connectivity index (χ2n) is 4.46. The van der Waals surface area contributed by atoms with Gasteiger partial charge >= 0.3 is 0 Å². The molecule has 1 N–H and O–H groups in total. The van der Waals surface area contributed by atoms with E-state index in [0.717, 1.165) is 6.07 Å². The van der Waals surface area contributed by atoms with Crippen molar-refractivity contribution in [3.05, 3.63) is 67.7 Å². The highest BCUT2D eigenvalue weighted by molar-refractivity contribution is 9.10. The Kier molecular flexibility index (Phi) is 4.52. The Hall–Kier alpha value is -2.02. The fourth-order valence-electron chi connectivity index (χ4n) is 1.83. The molecule has 2 aromatic carbocycles. The van der Waals surface area contributed by atoms with Crippen molar-refractivity contribution in [3.63, 3.8) is 0 Å². The molecule has 0 heterocycles. The van der Waals surface area contributed by atoms with Gasteiger partial charge in [0.05, 0.1) is 11.0 Å². The first kappa shape index (κ1) is 15.4. The highest BCUT2D eigenvalue weighted by atomic mass is 79.9. The van der Waals surface area contributed by atoms with Crippen LogP contribution in [0.15, 0.2) is 34.8 Å². The molecule has 0 amide bonds. The lowest BCUT2D eigenvalue weighted by atomic mass is 10.1. The highest BCUT2D eigenvalue weighted by Gasteiger charge is 2.17. The Morgan fingerprint density at radius 2 is 2.00 bits per heavy atom. The predicted octanol–water partition coefficient (Wildman–Crippen LogP) is 4.56. The average molecular weight is 357 g/mol. The molecule has 0 aromatic heterocycles. The molecule has 0 unspecified atom stereocenters. The topological polar surface area (TPSA) is 55.2 Å². The third kappa shape index (κ3) is 3.55. The molecule has 0 atom stereocenters. The molecule has 2 rings (SSSR count). The zero-order valence-corrected chi connectivity index (χ0v) is 12.6. The first-order valence-electron chi connectivity index (χ1n) is 6.01. The van der Waals surface area contributed by atoms with Gasteiger partial charge in [-0.15, -0.1) is 0 Å². The quantitative estimate of drug-likeness (QED) is 0.645. The van der Waals surface area contributed by atoms with Gasteiger partial charge in [-0.25, -0.2) is 8.78 Å². The monoisotopic (exact) mass is 356 g/mol. The van der Waals surface area contributed by atoms with Crippen molar-refractivity contribution in [2.45, 2.75) is 13.5 Å². The summed E-state index contributed by atoms with van der Waals surface area (Å²) in [6.45, 7) is 1.69. The molecule has 21 heavy (non-hydrogen) atoms. The number of nitrogens with one attached hydrogen (secondary N) is 1. The molecule has 0 aliphatic heterocycles. The van der Waals surface area contributed by atoms with Crippen molar-refractivity contribution in [2.75, 3.05) is 5.32 Å². The number of hydrogen-bond acceptors (Lipinski definition) is 3. The van der Waals surface area contributed by atoms with Crippen LogP contribution in [0.4, 0.5) is 20.2 Å². The van der Waals surface area contributed by atoms with Crippen LogP contribution < -0.4 is 5.32 Å². The van der Waals surface area contributed by atoms with Gasteiger partial charge in [0, 0.05) is 11.0 Å². The summed E-state index contributed by atoms with van der Waals surface area (Å²) < 4.78 is 27.3. The molecule has 0 bridgehead atoms. The van der Waals surface area contributed by atoms with E-state index < -0.39 is 16.6 Å². The highest BCUT2D eigenvalue weighted by Crippen LogP contribution is 2.28. The van der Waals surface area contributed by atoms with Gasteiger partial charge in [-0.1, -0.05) is 15.9 Å². The third-order valence-corrected chi connectivity index (χ3v) is 3.72. The normalized spacial score (nSPS) is 10.5. The Bertz CT molecular complexity index is 708. The number of rotatable bonds is 4. The van der Waals surface area contributed by atoms with Crippen molar-refractivity contribution in [1.82, 2.24) is 0 Å². The number of anilines is 1. The first-order chi connectivity index (χ1) is 9.88. The number of aryl methyl sites for hydroxylation is 1. The van der Waals surface area contributed by atoms with E-state index in [1.54, 1.807) is 6.07 Å². The number of halogens is 3. The molecule has 0 spiro atoms. The minimum Gasteiger partial charge on any atom is -0.375 e. The van der Waals surface area contributed by atoms with E-state index in [0.29, 0.717) is 15.6 Å². The minimum atomic E-state index is -0.661. The molecular weight excluding hydrogens is 346 g/mol. The maximum absolute atomic E-state index is 13.4. The maximum atomic E-state index is 13.4. The molecule has 4 nitrogen and oxygen atoms in total. The summed E-state index contributed by atoms with van der Waals surface area (Å²) in [5.41, 5.74) is 0.730. The van der Waals surface area contributed by atoms with Crippen LogP contribution in [0.25, 0.3) is 0 Å². The molecule has 7 heteroatoms. The van der Waals surface area contributed by atoms with Crippen LogP contribution in [0, 0.1) is 28.7 Å². The second-order valence-corrected chi connectivity index (χ2v) is 5.32. The number of benzene rings is 2. The van der Waals surface area contributed by atoms with E-state index in [1.807, 2.05) is 0 Å². The lowest BCUT2D eigenvalue weighted by Crippen LogP contribution is -2.05. The van der Waals surface area contributed by atoms with E-state index in [1.165, 1.54) is 25.1 Å². The summed E-state index contributed by atoms with van der Waals surface area (Å²) in [7, 11) is 0. The minimum absolute atomic E-state index is 0.171. The third-order valence-electron chi connectivity index (χ3n) is 2.95. The maximum Gasteiger partial charge on any atom is 0.295 e. The van der Waals surface area contributed by atoms with Crippen LogP contribution >= 0.6 is 15.9 Å². The van der Waals surface area contributed by atoms with E-state index >= 15 is 0 Å². The van der Waals surface area contributed by atoms with E-state index in [-0.39, 0.29) is 17.9 Å². The van der Waals surface area contributed by atoms with Crippen LogP contribution in [0.2, 0.25) is 0 Å². The number of nitrogens with zero attached hydrogens (tertiary/aromatic N) is 1. The van der Waals surface area contributed by atoms with Crippen LogP contribution in [0.3, 0.4) is 0 Å². The summed E-state index contributed by atoms with van der Waals surface area (Å²) in [6.07, 6.45) is 0. The standard InChI is InChI=1S/C14H11BrF2N2O2/c1-8-4-13(14(19(20)21)6-12(8)17)18-7-9-5-10(16)2-3-11(9)15/h2-6,18H,7H2,1H3. The summed E-state index contributed by atoms with van der Waals surface area (Å²) in [4.78, 5) is 10.3. The molecule has 0 radical (unpaired) electrons. The van der Waals surface area contributed by atoms with Gasteiger partial charge < -0.3 is 5.32 Å². The van der Waals surface area contributed by atoms with Gasteiger partial charge in [-0.3, -0.25) is 10.1 Å². The molecule has 0 saturated heterocycles. The SMILES string of the molecule is Cc1cc(NCc2cc(F)ccc2Br)c([N+](=O)[O-])cc1F. The van der Waals surface area contributed by atoms with Crippen LogP contribution in [-0.4, -0.2) is 4.92 Å². The van der Waals surface area contributed by atoms with E-state index in [2.05, 4.69) is 21.2 Å². The van der Waals surface area contributed by atoms with Crippen molar-refractivity contribution in [2.24, 2.45) is 0 Å². The Morgan fingerprint density at radius 3 is 2.67 bits per heavy atom. The van der Waals surface area contributed by atoms with Gasteiger partial charge in [0.1, 0.15) is 17.3 Å². The van der Waals surface area contributed by atoms with Gasteiger partial charge in [0.25, 0.3) is 5.69 Å². The predicted molar refractivity (Wildman–Crippen MR) is 79.2 cm³/mol. The smallest absolute Gasteiger partial charge is 0.295 e. The zero-order chi connectivity index (χ0) is 15.6. The number of nitro benzene ring substituents is 1. The van der Waals surface area contributed by atoms with Crippen LogP contribution in [-0.2, 0) is 6.54 Å². The van der Waals surface area contributed by atoms with Crippen LogP contribution in [0.1, 0.15) is 11.1 Å². The summed E-state index contributed by atoms with van der Waals surface area (Å²) >= 11 is 3.28. The van der Waals surface area contributed by atoms with E-state index in [9.17, 15) is 18.9 Å². The lowest BCUT2D eigenvalue weighted by molar-refractivity contribution is -0.384. The molecule has 2 aromatic rings. The summed E-state index contributed by atoms with van der Waals surface area (Å²) in [5, 5.41) is 13.8. The van der Waals surface area contributed by atoms with Crippen molar-refractivity contribution in [1.29, 1.82) is 0 Å². The largest absolute Gasteiger partial charge is 0.375 e. The number of hydrogen-bond donors (Lipinski definition) is 1. The van der Waals surface area contributed by atoms with Gasteiger partial charge in [-0.05, 0) is 42.3 Å². The average Bonchev–Trinajstić information content (AvgIpc) is 2.42. The zero-order valence-electron chi connectivity index (χ0n) is 11.0. The molecule has 110 valence electrons. The van der Waals surface area contributed by atoms with Gasteiger partial charge in [0.2, 0.25) is 0 Å².